The molecule has 9 heteroatoms. The fourth-order valence-electron chi connectivity index (χ4n) is 4.87. The van der Waals surface area contributed by atoms with Crippen molar-refractivity contribution in [1.82, 2.24) is 9.66 Å². The van der Waals surface area contributed by atoms with E-state index in [9.17, 15) is 9.18 Å². The van der Waals surface area contributed by atoms with Crippen molar-refractivity contribution in [3.8, 4) is 28.6 Å². The van der Waals surface area contributed by atoms with Gasteiger partial charge in [-0.2, -0.15) is 9.78 Å². The monoisotopic (exact) mass is 643 g/mol. The number of nitrogens with zero attached hydrogens (tertiary/aromatic N) is 3. The number of halogens is 2. The smallest absolute Gasteiger partial charge is 0.282 e. The van der Waals surface area contributed by atoms with Gasteiger partial charge in [0.25, 0.3) is 5.56 Å². The van der Waals surface area contributed by atoms with Crippen LogP contribution in [0.5, 0.6) is 17.2 Å². The predicted molar refractivity (Wildman–Crippen MR) is 171 cm³/mol. The van der Waals surface area contributed by atoms with E-state index in [0.717, 1.165) is 26.9 Å². The Balaban J connectivity index is 1.68. The molecule has 0 amide bonds. The maximum Gasteiger partial charge on any atom is 0.282 e. The summed E-state index contributed by atoms with van der Waals surface area (Å²) in [5.74, 6) is 1.83. The van der Waals surface area contributed by atoms with Crippen LogP contribution in [0.1, 0.15) is 42.0 Å². The molecule has 0 bridgehead atoms. The molecule has 0 fully saturated rings. The standard InChI is InChI=1S/C34H31BrFN3O4/c1-20(2)27-17-28(21(3)13-30(27)41-4)33-38-29-12-7-6-11-26(29)34(40)39(33)37-18-23-15-24(35)16-31(42-5)32(23)43-19-22-9-8-10-25(36)14-22/h6-18,20H,19H2,1-5H3. The normalized spacial score (nSPS) is 11.4. The van der Waals surface area contributed by atoms with Gasteiger partial charge < -0.3 is 14.2 Å². The number of para-hydroxylation sites is 1. The molecule has 5 rings (SSSR count). The molecule has 43 heavy (non-hydrogen) atoms. The zero-order valence-corrected chi connectivity index (χ0v) is 26.1. The number of methoxy groups -OCH3 is 2. The largest absolute Gasteiger partial charge is 0.496 e. The summed E-state index contributed by atoms with van der Waals surface area (Å²) < 4.78 is 33.2. The number of ether oxygens (including phenoxy) is 3. The molecule has 0 saturated heterocycles. The molecule has 7 nitrogen and oxygen atoms in total. The number of benzene rings is 4. The molecular weight excluding hydrogens is 613 g/mol. The maximum atomic E-state index is 13.9. The van der Waals surface area contributed by atoms with Crippen LogP contribution < -0.4 is 19.8 Å². The quantitative estimate of drug-likeness (QED) is 0.153. The van der Waals surface area contributed by atoms with Crippen LogP contribution in [0.15, 0.2) is 87.2 Å². The van der Waals surface area contributed by atoms with Crippen LogP contribution in [0, 0.1) is 12.7 Å². The summed E-state index contributed by atoms with van der Waals surface area (Å²) in [6, 6.07) is 20.9. The third kappa shape index (κ3) is 6.32. The summed E-state index contributed by atoms with van der Waals surface area (Å²) in [5.41, 5.74) is 4.09. The van der Waals surface area contributed by atoms with Gasteiger partial charge in [0.15, 0.2) is 17.3 Å². The zero-order valence-electron chi connectivity index (χ0n) is 24.5. The van der Waals surface area contributed by atoms with E-state index in [4.69, 9.17) is 19.2 Å². The first kappa shape index (κ1) is 30.0. The number of aryl methyl sites for hydroxylation is 1. The number of fused-ring (bicyclic) bond motifs is 1. The van der Waals surface area contributed by atoms with E-state index in [-0.39, 0.29) is 23.9 Å². The van der Waals surface area contributed by atoms with Crippen molar-refractivity contribution >= 4 is 33.0 Å². The summed E-state index contributed by atoms with van der Waals surface area (Å²) in [4.78, 5) is 18.8. The Hall–Kier alpha value is -4.50. The second-order valence-corrected chi connectivity index (χ2v) is 11.2. The first-order valence-corrected chi connectivity index (χ1v) is 14.5. The third-order valence-corrected chi connectivity index (χ3v) is 7.50. The lowest BCUT2D eigenvalue weighted by Crippen LogP contribution is -2.21. The molecule has 0 aliphatic rings. The second kappa shape index (κ2) is 12.8. The highest BCUT2D eigenvalue weighted by Gasteiger charge is 2.19. The molecule has 1 heterocycles. The second-order valence-electron chi connectivity index (χ2n) is 10.3. The van der Waals surface area contributed by atoms with Gasteiger partial charge in [-0.15, -0.1) is 0 Å². The lowest BCUT2D eigenvalue weighted by Gasteiger charge is -2.17. The van der Waals surface area contributed by atoms with E-state index in [1.54, 1.807) is 37.4 Å². The van der Waals surface area contributed by atoms with Gasteiger partial charge in [0.1, 0.15) is 18.2 Å². The van der Waals surface area contributed by atoms with Gasteiger partial charge in [0.2, 0.25) is 0 Å². The number of hydrogen-bond acceptors (Lipinski definition) is 6. The van der Waals surface area contributed by atoms with Gasteiger partial charge in [-0.1, -0.05) is 54.0 Å². The van der Waals surface area contributed by atoms with Crippen molar-refractivity contribution in [1.29, 1.82) is 0 Å². The predicted octanol–water partition coefficient (Wildman–Crippen LogP) is 7.88. The molecule has 0 radical (unpaired) electrons. The van der Waals surface area contributed by atoms with Crippen LogP contribution in [0.25, 0.3) is 22.3 Å². The molecule has 220 valence electrons. The molecule has 0 N–H and O–H groups in total. The maximum absolute atomic E-state index is 13.9. The van der Waals surface area contributed by atoms with Crippen LogP contribution in [0.3, 0.4) is 0 Å². The Morgan fingerprint density at radius 2 is 1.77 bits per heavy atom. The fraction of sp³-hybridized carbons (Fsp3) is 0.206. The average Bonchev–Trinajstić information content (AvgIpc) is 2.99. The fourth-order valence-corrected chi connectivity index (χ4v) is 5.32. The average molecular weight is 645 g/mol. The summed E-state index contributed by atoms with van der Waals surface area (Å²) in [6.45, 7) is 6.22. The molecule has 5 aromatic rings. The van der Waals surface area contributed by atoms with E-state index in [0.29, 0.717) is 39.4 Å². The van der Waals surface area contributed by atoms with Gasteiger partial charge in [-0.25, -0.2) is 9.37 Å². The van der Waals surface area contributed by atoms with E-state index in [2.05, 4.69) is 34.9 Å². The van der Waals surface area contributed by atoms with E-state index in [1.165, 1.54) is 30.1 Å². The third-order valence-electron chi connectivity index (χ3n) is 7.05. The van der Waals surface area contributed by atoms with Crippen LogP contribution in [0.2, 0.25) is 0 Å². The minimum absolute atomic E-state index is 0.0995. The van der Waals surface area contributed by atoms with Crippen LogP contribution in [-0.4, -0.2) is 30.1 Å². The molecule has 0 unspecified atom stereocenters. The van der Waals surface area contributed by atoms with Gasteiger partial charge >= 0.3 is 0 Å². The molecule has 1 aromatic heterocycles. The van der Waals surface area contributed by atoms with Crippen molar-refractivity contribution in [3.05, 3.63) is 116 Å². The van der Waals surface area contributed by atoms with Crippen molar-refractivity contribution in [2.45, 2.75) is 33.3 Å². The van der Waals surface area contributed by atoms with Gasteiger partial charge in [-0.3, -0.25) is 4.79 Å². The Bertz CT molecular complexity index is 1900. The molecular formula is C34H31BrFN3O4. The van der Waals surface area contributed by atoms with E-state index < -0.39 is 0 Å². The minimum atomic E-state index is -0.351. The van der Waals surface area contributed by atoms with Crippen molar-refractivity contribution in [2.24, 2.45) is 5.10 Å². The summed E-state index contributed by atoms with van der Waals surface area (Å²) >= 11 is 3.52. The molecule has 0 spiro atoms. The summed E-state index contributed by atoms with van der Waals surface area (Å²) in [6.07, 6.45) is 1.54. The molecule has 0 aliphatic carbocycles. The number of rotatable bonds is 9. The van der Waals surface area contributed by atoms with Crippen LogP contribution >= 0.6 is 15.9 Å². The first-order chi connectivity index (χ1) is 20.7. The van der Waals surface area contributed by atoms with Gasteiger partial charge in [-0.05, 0) is 78.1 Å². The summed E-state index contributed by atoms with van der Waals surface area (Å²) in [5, 5.41) is 5.11. The molecule has 0 aliphatic heterocycles. The highest BCUT2D eigenvalue weighted by molar-refractivity contribution is 9.10. The summed E-state index contributed by atoms with van der Waals surface area (Å²) in [7, 11) is 3.18. The molecule has 4 aromatic carbocycles. The Morgan fingerprint density at radius 1 is 1.00 bits per heavy atom. The van der Waals surface area contributed by atoms with E-state index in [1.807, 2.05) is 37.3 Å². The Morgan fingerprint density at radius 3 is 2.49 bits per heavy atom. The highest BCUT2D eigenvalue weighted by atomic mass is 79.9. The van der Waals surface area contributed by atoms with Gasteiger partial charge in [0, 0.05) is 15.6 Å². The Kier molecular flexibility index (Phi) is 8.92. The SMILES string of the molecule is COc1cc(C)c(-c2nc3ccccc3c(=O)n2N=Cc2cc(Br)cc(OC)c2OCc2cccc(F)c2)cc1C(C)C. The topological polar surface area (TPSA) is 74.9 Å². The van der Waals surface area contributed by atoms with Crippen molar-refractivity contribution in [2.75, 3.05) is 14.2 Å². The molecule has 0 atom stereocenters. The number of hydrogen-bond donors (Lipinski definition) is 0. The zero-order chi connectivity index (χ0) is 30.7. The van der Waals surface area contributed by atoms with Crippen LogP contribution in [0.4, 0.5) is 4.39 Å². The van der Waals surface area contributed by atoms with Crippen molar-refractivity contribution in [3.63, 3.8) is 0 Å². The lowest BCUT2D eigenvalue weighted by atomic mass is 9.96. The lowest BCUT2D eigenvalue weighted by molar-refractivity contribution is 0.283. The first-order valence-electron chi connectivity index (χ1n) is 13.7. The highest BCUT2D eigenvalue weighted by Crippen LogP contribution is 2.36. The van der Waals surface area contributed by atoms with Gasteiger partial charge in [0.05, 0.1) is 31.3 Å². The van der Waals surface area contributed by atoms with Crippen LogP contribution in [-0.2, 0) is 6.61 Å². The van der Waals surface area contributed by atoms with E-state index >= 15 is 0 Å². The Labute approximate surface area is 257 Å². The van der Waals surface area contributed by atoms with Crippen molar-refractivity contribution < 1.29 is 18.6 Å². The number of aromatic nitrogens is 2. The molecule has 0 saturated carbocycles. The minimum Gasteiger partial charge on any atom is -0.496 e.